The highest BCUT2D eigenvalue weighted by atomic mass is 35.5. The fraction of sp³-hybridized carbons (Fsp3) is 0.250. The predicted molar refractivity (Wildman–Crippen MR) is 83.1 cm³/mol. The molecule has 0 unspecified atom stereocenters. The molecule has 0 fully saturated rings. The summed E-state index contributed by atoms with van der Waals surface area (Å²) in [6.07, 6.45) is 0. The van der Waals surface area contributed by atoms with Crippen LogP contribution in [0.1, 0.15) is 11.1 Å². The van der Waals surface area contributed by atoms with E-state index in [1.807, 2.05) is 43.3 Å². The third-order valence-electron chi connectivity index (χ3n) is 3.16. The molecule has 0 aliphatic heterocycles. The molecule has 0 bridgehead atoms. The lowest BCUT2D eigenvalue weighted by molar-refractivity contribution is 0.399. The van der Waals surface area contributed by atoms with Crippen LogP contribution in [0.3, 0.4) is 0 Å². The van der Waals surface area contributed by atoms with Gasteiger partial charge in [-0.15, -0.1) is 0 Å². The lowest BCUT2D eigenvalue weighted by Crippen LogP contribution is -2.03. The van der Waals surface area contributed by atoms with Crippen molar-refractivity contribution in [3.05, 3.63) is 52.5 Å². The fourth-order valence-corrected chi connectivity index (χ4v) is 2.17. The minimum atomic E-state index is 0.640. The van der Waals surface area contributed by atoms with E-state index in [2.05, 4.69) is 5.32 Å². The molecule has 3 nitrogen and oxygen atoms in total. The zero-order valence-electron chi connectivity index (χ0n) is 11.9. The van der Waals surface area contributed by atoms with E-state index in [9.17, 15) is 0 Å². The molecule has 1 N–H and O–H groups in total. The van der Waals surface area contributed by atoms with E-state index in [-0.39, 0.29) is 0 Å². The second-order valence-corrected chi connectivity index (χ2v) is 4.93. The summed E-state index contributed by atoms with van der Waals surface area (Å²) in [5, 5.41) is 4.09. The molecule has 4 heteroatoms. The summed E-state index contributed by atoms with van der Waals surface area (Å²) in [7, 11) is 3.32. The van der Waals surface area contributed by atoms with Crippen LogP contribution < -0.4 is 14.8 Å². The van der Waals surface area contributed by atoms with Gasteiger partial charge in [0.2, 0.25) is 0 Å². The summed E-state index contributed by atoms with van der Waals surface area (Å²) < 4.78 is 10.6. The van der Waals surface area contributed by atoms with E-state index in [0.29, 0.717) is 6.54 Å². The first-order chi connectivity index (χ1) is 9.63. The van der Waals surface area contributed by atoms with Crippen molar-refractivity contribution in [3.63, 3.8) is 0 Å². The molecule has 0 spiro atoms. The number of rotatable bonds is 5. The van der Waals surface area contributed by atoms with Crippen LogP contribution in [-0.4, -0.2) is 14.2 Å². The number of ether oxygens (including phenoxy) is 2. The number of hydrogen-bond acceptors (Lipinski definition) is 3. The molecule has 2 rings (SSSR count). The number of nitrogens with one attached hydrogen (secondary N) is 1. The van der Waals surface area contributed by atoms with Crippen molar-refractivity contribution in [2.45, 2.75) is 13.5 Å². The van der Waals surface area contributed by atoms with Gasteiger partial charge in [-0.05, 0) is 42.8 Å². The van der Waals surface area contributed by atoms with Crippen LogP contribution >= 0.6 is 11.6 Å². The lowest BCUT2D eigenvalue weighted by atomic mass is 10.1. The zero-order chi connectivity index (χ0) is 14.5. The van der Waals surface area contributed by atoms with Crippen molar-refractivity contribution >= 4 is 17.3 Å². The summed E-state index contributed by atoms with van der Waals surface area (Å²) in [5.41, 5.74) is 3.20. The van der Waals surface area contributed by atoms with Gasteiger partial charge in [-0.2, -0.15) is 0 Å². The number of benzene rings is 2. The predicted octanol–water partition coefficient (Wildman–Crippen LogP) is 4.28. The number of anilines is 1. The largest absolute Gasteiger partial charge is 0.497 e. The number of halogens is 1. The van der Waals surface area contributed by atoms with E-state index in [4.69, 9.17) is 21.1 Å². The van der Waals surface area contributed by atoms with Gasteiger partial charge in [0.1, 0.15) is 11.5 Å². The average molecular weight is 292 g/mol. The highest BCUT2D eigenvalue weighted by Crippen LogP contribution is 2.26. The number of aryl methyl sites for hydroxylation is 1. The minimum Gasteiger partial charge on any atom is -0.497 e. The van der Waals surface area contributed by atoms with Crippen molar-refractivity contribution in [2.75, 3.05) is 19.5 Å². The molecule has 20 heavy (non-hydrogen) atoms. The third kappa shape index (κ3) is 3.36. The smallest absolute Gasteiger partial charge is 0.124 e. The fourth-order valence-electron chi connectivity index (χ4n) is 2.00. The van der Waals surface area contributed by atoms with Gasteiger partial charge >= 0.3 is 0 Å². The van der Waals surface area contributed by atoms with Crippen LogP contribution in [0.2, 0.25) is 5.02 Å². The van der Waals surface area contributed by atoms with E-state index in [1.54, 1.807) is 14.2 Å². The molecular formula is C16H18ClNO2. The first kappa shape index (κ1) is 14.5. The SMILES string of the molecule is COc1ccc(OC)c(CNc2cc(Cl)ccc2C)c1. The Balaban J connectivity index is 2.19. The van der Waals surface area contributed by atoms with E-state index < -0.39 is 0 Å². The Kier molecular flexibility index (Phi) is 4.74. The van der Waals surface area contributed by atoms with Crippen LogP contribution in [-0.2, 0) is 6.54 Å². The van der Waals surface area contributed by atoms with Gasteiger partial charge in [-0.1, -0.05) is 17.7 Å². The van der Waals surface area contributed by atoms with Crippen molar-refractivity contribution in [1.82, 2.24) is 0 Å². The third-order valence-corrected chi connectivity index (χ3v) is 3.39. The minimum absolute atomic E-state index is 0.640. The molecule has 0 aliphatic carbocycles. The van der Waals surface area contributed by atoms with Gasteiger partial charge < -0.3 is 14.8 Å². The zero-order valence-corrected chi connectivity index (χ0v) is 12.6. The molecule has 2 aromatic carbocycles. The molecule has 106 valence electrons. The van der Waals surface area contributed by atoms with E-state index in [0.717, 1.165) is 33.3 Å². The molecule has 0 radical (unpaired) electrons. The molecule has 0 amide bonds. The van der Waals surface area contributed by atoms with E-state index >= 15 is 0 Å². The highest BCUT2D eigenvalue weighted by molar-refractivity contribution is 6.30. The van der Waals surface area contributed by atoms with Gasteiger partial charge in [-0.3, -0.25) is 0 Å². The molecule has 0 heterocycles. The van der Waals surface area contributed by atoms with Crippen LogP contribution in [0.15, 0.2) is 36.4 Å². The number of methoxy groups -OCH3 is 2. The van der Waals surface area contributed by atoms with Gasteiger partial charge in [0.25, 0.3) is 0 Å². The maximum absolute atomic E-state index is 6.02. The molecule has 0 aromatic heterocycles. The van der Waals surface area contributed by atoms with Crippen LogP contribution in [0.25, 0.3) is 0 Å². The van der Waals surface area contributed by atoms with Gasteiger partial charge in [0.05, 0.1) is 14.2 Å². The van der Waals surface area contributed by atoms with Crippen molar-refractivity contribution in [2.24, 2.45) is 0 Å². The monoisotopic (exact) mass is 291 g/mol. The van der Waals surface area contributed by atoms with Crippen molar-refractivity contribution in [3.8, 4) is 11.5 Å². The summed E-state index contributed by atoms with van der Waals surface area (Å²) in [5.74, 6) is 1.64. The Hall–Kier alpha value is -1.87. The van der Waals surface area contributed by atoms with Gasteiger partial charge in [-0.25, -0.2) is 0 Å². The Labute approximate surface area is 124 Å². The molecular weight excluding hydrogens is 274 g/mol. The molecule has 0 atom stereocenters. The second-order valence-electron chi connectivity index (χ2n) is 4.49. The van der Waals surface area contributed by atoms with Crippen LogP contribution in [0, 0.1) is 6.92 Å². The molecule has 0 saturated heterocycles. The Morgan fingerprint density at radius 3 is 2.55 bits per heavy atom. The standard InChI is InChI=1S/C16H18ClNO2/c1-11-4-5-13(17)9-15(11)18-10-12-8-14(19-2)6-7-16(12)20-3/h4-9,18H,10H2,1-3H3. The van der Waals surface area contributed by atoms with Crippen LogP contribution in [0.5, 0.6) is 11.5 Å². The molecule has 0 aliphatic rings. The Bertz CT molecular complexity index is 599. The quantitative estimate of drug-likeness (QED) is 0.892. The summed E-state index contributed by atoms with van der Waals surface area (Å²) in [4.78, 5) is 0. The Morgan fingerprint density at radius 2 is 1.85 bits per heavy atom. The topological polar surface area (TPSA) is 30.5 Å². The Morgan fingerprint density at radius 1 is 1.05 bits per heavy atom. The van der Waals surface area contributed by atoms with E-state index in [1.165, 1.54) is 0 Å². The maximum atomic E-state index is 6.02. The van der Waals surface area contributed by atoms with Crippen molar-refractivity contribution < 1.29 is 9.47 Å². The first-order valence-electron chi connectivity index (χ1n) is 6.35. The number of hydrogen-bond donors (Lipinski definition) is 1. The summed E-state index contributed by atoms with van der Waals surface area (Å²) in [6.45, 7) is 2.68. The van der Waals surface area contributed by atoms with Crippen LogP contribution in [0.4, 0.5) is 5.69 Å². The van der Waals surface area contributed by atoms with Gasteiger partial charge in [0.15, 0.2) is 0 Å². The average Bonchev–Trinajstić information content (AvgIpc) is 2.47. The highest BCUT2D eigenvalue weighted by Gasteiger charge is 2.06. The molecule has 2 aromatic rings. The first-order valence-corrected chi connectivity index (χ1v) is 6.72. The van der Waals surface area contributed by atoms with Crippen molar-refractivity contribution in [1.29, 1.82) is 0 Å². The maximum Gasteiger partial charge on any atom is 0.124 e. The molecule has 0 saturated carbocycles. The summed E-state index contributed by atoms with van der Waals surface area (Å²) in [6, 6.07) is 11.5. The summed E-state index contributed by atoms with van der Waals surface area (Å²) >= 11 is 6.02. The second kappa shape index (κ2) is 6.53. The lowest BCUT2D eigenvalue weighted by Gasteiger charge is -2.13. The normalized spacial score (nSPS) is 10.2. The van der Waals surface area contributed by atoms with Gasteiger partial charge in [0, 0.05) is 22.8 Å².